The molecular weight excluding hydrogens is 199 g/mol. The van der Waals surface area contributed by atoms with Gasteiger partial charge in [0.15, 0.2) is 0 Å². The quantitative estimate of drug-likeness (QED) is 0.489. The molecule has 0 nitrogen and oxygen atoms in total. The van der Waals surface area contributed by atoms with Crippen LogP contribution in [-0.2, 0) is 0 Å². The van der Waals surface area contributed by atoms with E-state index < -0.39 is 15.2 Å². The molecule has 62 valence electrons. The normalized spacial score (nSPS) is 14.4. The smallest absolute Gasteiger partial charge is 0.0948 e. The van der Waals surface area contributed by atoms with E-state index in [1.807, 2.05) is 0 Å². The standard InChI is InChI=1S/C6H16Cl2Si2/c1-9(2,3)10(4,5)6(7)8/h6H,1-5H3. The van der Waals surface area contributed by atoms with Gasteiger partial charge in [0.2, 0.25) is 0 Å². The predicted molar refractivity (Wildman–Crippen MR) is 56.3 cm³/mol. The minimum atomic E-state index is -1.31. The molecule has 10 heavy (non-hydrogen) atoms. The van der Waals surface area contributed by atoms with Gasteiger partial charge in [0.25, 0.3) is 0 Å². The van der Waals surface area contributed by atoms with Crippen molar-refractivity contribution in [2.24, 2.45) is 0 Å². The Balaban J connectivity index is 4.40. The van der Waals surface area contributed by atoms with Gasteiger partial charge in [0, 0.05) is 7.59 Å². The number of hydrogen-bond donors (Lipinski definition) is 0. The first-order valence-electron chi connectivity index (χ1n) is 3.48. The first-order valence-corrected chi connectivity index (χ1v) is 11.9. The highest BCUT2D eigenvalue weighted by Gasteiger charge is 2.41. The number of halogens is 2. The molecule has 0 aromatic carbocycles. The Labute approximate surface area is 75.7 Å². The lowest BCUT2D eigenvalue weighted by molar-refractivity contribution is 1.62. The molecule has 0 bridgehead atoms. The minimum Gasteiger partial charge on any atom is -0.110 e. The average Bonchev–Trinajstić information content (AvgIpc) is 1.62. The Morgan fingerprint density at radius 3 is 1.20 bits per heavy atom. The van der Waals surface area contributed by atoms with E-state index in [0.717, 1.165) is 0 Å². The zero-order valence-corrected chi connectivity index (χ0v) is 10.8. The van der Waals surface area contributed by atoms with Crippen molar-refractivity contribution in [2.75, 3.05) is 0 Å². The zero-order valence-electron chi connectivity index (χ0n) is 7.33. The summed E-state index contributed by atoms with van der Waals surface area (Å²) >= 11 is 11.8. The molecule has 0 radical (unpaired) electrons. The maximum atomic E-state index is 5.92. The molecule has 0 unspecified atom stereocenters. The maximum Gasteiger partial charge on any atom is 0.0948 e. The third-order valence-electron chi connectivity index (χ3n) is 2.48. The van der Waals surface area contributed by atoms with Crippen LogP contribution in [0.15, 0.2) is 0 Å². The van der Waals surface area contributed by atoms with E-state index in [9.17, 15) is 0 Å². The minimum absolute atomic E-state index is 0.0980. The van der Waals surface area contributed by atoms with Gasteiger partial charge in [-0.3, -0.25) is 0 Å². The fourth-order valence-electron chi connectivity index (χ4n) is 0.327. The molecule has 0 atom stereocenters. The maximum absolute atomic E-state index is 5.92. The molecule has 0 saturated carbocycles. The van der Waals surface area contributed by atoms with Crippen LogP contribution in [0.25, 0.3) is 0 Å². The second kappa shape index (κ2) is 3.17. The van der Waals surface area contributed by atoms with Gasteiger partial charge in [0.1, 0.15) is 0 Å². The first-order chi connectivity index (χ1) is 4.19. The van der Waals surface area contributed by atoms with Crippen molar-refractivity contribution in [3.63, 3.8) is 0 Å². The molecule has 0 fully saturated rings. The molecule has 0 rings (SSSR count). The fourth-order valence-corrected chi connectivity index (χ4v) is 8.84. The average molecular weight is 215 g/mol. The van der Waals surface area contributed by atoms with Crippen LogP contribution in [-0.4, -0.2) is 19.6 Å². The van der Waals surface area contributed by atoms with E-state index in [2.05, 4.69) is 32.7 Å². The van der Waals surface area contributed by atoms with Gasteiger partial charge in [0.05, 0.1) is 12.1 Å². The highest BCUT2D eigenvalue weighted by atomic mass is 35.5. The van der Waals surface area contributed by atoms with Crippen LogP contribution in [0.4, 0.5) is 0 Å². The van der Waals surface area contributed by atoms with E-state index in [1.165, 1.54) is 0 Å². The van der Waals surface area contributed by atoms with Crippen LogP contribution in [0, 0.1) is 0 Å². The lowest BCUT2D eigenvalue weighted by Crippen LogP contribution is -2.57. The van der Waals surface area contributed by atoms with Gasteiger partial charge in [-0.2, -0.15) is 0 Å². The van der Waals surface area contributed by atoms with E-state index >= 15 is 0 Å². The van der Waals surface area contributed by atoms with Gasteiger partial charge in [-0.1, -0.05) is 32.7 Å². The Morgan fingerprint density at radius 2 is 1.20 bits per heavy atom. The first kappa shape index (κ1) is 11.0. The molecule has 0 aromatic heterocycles. The van der Waals surface area contributed by atoms with Crippen LogP contribution in [0.3, 0.4) is 0 Å². The van der Waals surface area contributed by atoms with Crippen LogP contribution in [0.1, 0.15) is 0 Å². The molecule has 0 aliphatic heterocycles. The van der Waals surface area contributed by atoms with Crippen LogP contribution < -0.4 is 0 Å². The summed E-state index contributed by atoms with van der Waals surface area (Å²) in [4.78, 5) is 0. The van der Waals surface area contributed by atoms with E-state index in [1.54, 1.807) is 0 Å². The second-order valence-corrected chi connectivity index (χ2v) is 23.0. The zero-order chi connectivity index (χ0) is 8.58. The summed E-state index contributed by atoms with van der Waals surface area (Å²) in [5.41, 5.74) is 0. The monoisotopic (exact) mass is 214 g/mol. The molecule has 0 saturated heterocycles. The van der Waals surface area contributed by atoms with Gasteiger partial charge >= 0.3 is 0 Å². The fraction of sp³-hybridized carbons (Fsp3) is 1.00. The molecular formula is C6H16Cl2Si2. The van der Waals surface area contributed by atoms with Gasteiger partial charge < -0.3 is 0 Å². The van der Waals surface area contributed by atoms with Crippen LogP contribution in [0.2, 0.25) is 32.7 Å². The molecule has 0 amide bonds. The summed E-state index contributed by atoms with van der Waals surface area (Å²) in [6, 6.07) is 0. The molecule has 0 spiro atoms. The van der Waals surface area contributed by atoms with Crippen molar-refractivity contribution in [3.8, 4) is 0 Å². The summed E-state index contributed by atoms with van der Waals surface area (Å²) in [6.45, 7) is 11.6. The van der Waals surface area contributed by atoms with Crippen molar-refractivity contribution in [3.05, 3.63) is 0 Å². The topological polar surface area (TPSA) is 0 Å². The molecule has 0 heterocycles. The Kier molecular flexibility index (Phi) is 3.49. The summed E-state index contributed by atoms with van der Waals surface area (Å²) in [5.74, 6) is 0. The Morgan fingerprint density at radius 1 is 0.900 bits per heavy atom. The summed E-state index contributed by atoms with van der Waals surface area (Å²) < 4.78 is -0.0980. The van der Waals surface area contributed by atoms with Crippen LogP contribution >= 0.6 is 23.2 Å². The highest BCUT2D eigenvalue weighted by Crippen LogP contribution is 2.27. The molecule has 4 heteroatoms. The molecule has 0 N–H and O–H groups in total. The third-order valence-corrected chi connectivity index (χ3v) is 24.3. The van der Waals surface area contributed by atoms with Gasteiger partial charge in [-0.15, -0.1) is 23.2 Å². The lowest BCUT2D eigenvalue weighted by atomic mass is 11.8. The van der Waals surface area contributed by atoms with E-state index in [4.69, 9.17) is 23.2 Å². The number of alkyl halides is 2. The van der Waals surface area contributed by atoms with Crippen LogP contribution in [0.5, 0.6) is 0 Å². The SMILES string of the molecule is C[Si](C)(C)[Si](C)(C)C(Cl)Cl. The second-order valence-electron chi connectivity index (χ2n) is 4.27. The van der Waals surface area contributed by atoms with Crippen molar-refractivity contribution in [1.82, 2.24) is 0 Å². The molecule has 0 aromatic rings. The van der Waals surface area contributed by atoms with Crippen molar-refractivity contribution < 1.29 is 0 Å². The lowest BCUT2D eigenvalue weighted by Gasteiger charge is -2.36. The Hall–Kier alpha value is 1.01. The summed E-state index contributed by atoms with van der Waals surface area (Å²) in [6.07, 6.45) is 0. The Bertz CT molecular complexity index is 115. The summed E-state index contributed by atoms with van der Waals surface area (Å²) in [5, 5.41) is 0. The molecule has 0 aliphatic carbocycles. The number of hydrogen-bond acceptors (Lipinski definition) is 0. The van der Waals surface area contributed by atoms with Gasteiger partial charge in [-0.05, 0) is 0 Å². The highest BCUT2D eigenvalue weighted by molar-refractivity contribution is 7.43. The van der Waals surface area contributed by atoms with Gasteiger partial charge in [-0.25, -0.2) is 0 Å². The van der Waals surface area contributed by atoms with E-state index in [-0.39, 0.29) is 4.46 Å². The van der Waals surface area contributed by atoms with Crippen molar-refractivity contribution >= 4 is 38.4 Å². The third kappa shape index (κ3) is 2.26. The summed E-state index contributed by atoms with van der Waals surface area (Å²) in [7, 11) is -2.39. The van der Waals surface area contributed by atoms with E-state index in [0.29, 0.717) is 0 Å². The largest absolute Gasteiger partial charge is 0.110 e. The molecule has 0 aliphatic rings. The van der Waals surface area contributed by atoms with Crippen molar-refractivity contribution in [2.45, 2.75) is 37.2 Å². The van der Waals surface area contributed by atoms with Crippen molar-refractivity contribution in [1.29, 1.82) is 0 Å². The predicted octanol–water partition coefficient (Wildman–Crippen LogP) is 3.45. The number of rotatable bonds is 2.